The zero-order valence-electron chi connectivity index (χ0n) is 15.6. The van der Waals surface area contributed by atoms with E-state index in [9.17, 15) is 9.59 Å². The average molecular weight is 395 g/mol. The van der Waals surface area contributed by atoms with Gasteiger partial charge >= 0.3 is 0 Å². The molecule has 1 aliphatic rings. The first-order chi connectivity index (χ1) is 13.7. The summed E-state index contributed by atoms with van der Waals surface area (Å²) in [6.07, 6.45) is 9.42. The number of hydrogen-bond acceptors (Lipinski definition) is 5. The van der Waals surface area contributed by atoms with Gasteiger partial charge in [0.15, 0.2) is 5.52 Å². The van der Waals surface area contributed by atoms with Gasteiger partial charge in [-0.3, -0.25) is 14.2 Å². The molecule has 0 radical (unpaired) electrons. The molecule has 28 heavy (non-hydrogen) atoms. The number of carbonyl (C=O) groups is 1. The smallest absolute Gasteiger partial charge is 0.281 e. The molecule has 6 nitrogen and oxygen atoms in total. The Balaban J connectivity index is 1.47. The standard InChI is InChI=1S/C21H22N4O2S/c26-20(22-12-11-15-7-3-1-4-8-15)19-17-18(24-28-19)21(27)25(14-23-17)13-16-9-5-2-6-10-16/h2,5-7,9-10,14H,1,3-4,8,11-13H2,(H,22,26). The molecule has 4 rings (SSSR count). The first-order valence-corrected chi connectivity index (χ1v) is 10.3. The molecular formula is C21H22N4O2S. The molecule has 7 heteroatoms. The molecule has 0 saturated carbocycles. The molecular weight excluding hydrogens is 372 g/mol. The lowest BCUT2D eigenvalue weighted by molar-refractivity contribution is 0.0959. The highest BCUT2D eigenvalue weighted by Crippen LogP contribution is 2.20. The molecule has 144 valence electrons. The van der Waals surface area contributed by atoms with Crippen LogP contribution in [0.2, 0.25) is 0 Å². The SMILES string of the molecule is O=C(NCCC1=CCCCC1)c1snc2c(=O)n(Cc3ccccc3)cnc12. The summed E-state index contributed by atoms with van der Waals surface area (Å²) in [6.45, 7) is 1.02. The van der Waals surface area contributed by atoms with Gasteiger partial charge in [0.25, 0.3) is 11.5 Å². The minimum Gasteiger partial charge on any atom is -0.351 e. The number of nitrogens with zero attached hydrogens (tertiary/aromatic N) is 3. The van der Waals surface area contributed by atoms with Crippen LogP contribution in [0.5, 0.6) is 0 Å². The molecule has 0 unspecified atom stereocenters. The van der Waals surface area contributed by atoms with E-state index in [1.807, 2.05) is 30.3 Å². The quantitative estimate of drug-likeness (QED) is 0.649. The number of benzene rings is 1. The fraction of sp³-hybridized carbons (Fsp3) is 0.333. The second-order valence-corrected chi connectivity index (χ2v) is 7.76. The van der Waals surface area contributed by atoms with E-state index in [4.69, 9.17) is 0 Å². The lowest BCUT2D eigenvalue weighted by atomic mass is 9.97. The molecule has 0 bridgehead atoms. The van der Waals surface area contributed by atoms with Crippen molar-refractivity contribution in [3.63, 3.8) is 0 Å². The maximum Gasteiger partial charge on any atom is 0.281 e. The van der Waals surface area contributed by atoms with Gasteiger partial charge in [0.05, 0.1) is 12.9 Å². The summed E-state index contributed by atoms with van der Waals surface area (Å²) < 4.78 is 5.74. The van der Waals surface area contributed by atoms with Gasteiger partial charge in [0, 0.05) is 6.54 Å². The van der Waals surface area contributed by atoms with Crippen molar-refractivity contribution in [3.05, 3.63) is 69.1 Å². The number of carbonyl (C=O) groups excluding carboxylic acids is 1. The van der Waals surface area contributed by atoms with Crippen LogP contribution in [0.15, 0.2) is 53.1 Å². The van der Waals surface area contributed by atoms with Gasteiger partial charge in [-0.25, -0.2) is 4.98 Å². The van der Waals surface area contributed by atoms with E-state index < -0.39 is 0 Å². The van der Waals surface area contributed by atoms with E-state index >= 15 is 0 Å². The number of rotatable bonds is 6. The summed E-state index contributed by atoms with van der Waals surface area (Å²) in [7, 11) is 0. The van der Waals surface area contributed by atoms with Gasteiger partial charge in [-0.15, -0.1) is 0 Å². The van der Waals surface area contributed by atoms with E-state index in [2.05, 4.69) is 20.8 Å². The van der Waals surface area contributed by atoms with Gasteiger partial charge in [0.2, 0.25) is 0 Å². The minimum absolute atomic E-state index is 0.211. The van der Waals surface area contributed by atoms with E-state index in [1.165, 1.54) is 29.3 Å². The van der Waals surface area contributed by atoms with Crippen LogP contribution in [0, 0.1) is 0 Å². The molecule has 1 aromatic carbocycles. The Labute approximate surface area is 167 Å². The summed E-state index contributed by atoms with van der Waals surface area (Å²) in [5.41, 5.74) is 2.84. The molecule has 1 aliphatic carbocycles. The monoisotopic (exact) mass is 394 g/mol. The van der Waals surface area contributed by atoms with Crippen LogP contribution < -0.4 is 10.9 Å². The second kappa shape index (κ2) is 8.48. The Hall–Kier alpha value is -2.80. The number of hydrogen-bond donors (Lipinski definition) is 1. The topological polar surface area (TPSA) is 76.9 Å². The average Bonchev–Trinajstić information content (AvgIpc) is 3.17. The van der Waals surface area contributed by atoms with Crippen molar-refractivity contribution in [1.29, 1.82) is 0 Å². The van der Waals surface area contributed by atoms with Gasteiger partial charge in [-0.1, -0.05) is 42.0 Å². The van der Waals surface area contributed by atoms with Gasteiger partial charge in [0.1, 0.15) is 10.4 Å². The lowest BCUT2D eigenvalue weighted by Gasteiger charge is -2.12. The highest BCUT2D eigenvalue weighted by Gasteiger charge is 2.18. The van der Waals surface area contributed by atoms with Gasteiger partial charge < -0.3 is 5.32 Å². The van der Waals surface area contributed by atoms with Crippen molar-refractivity contribution in [1.82, 2.24) is 19.2 Å². The summed E-state index contributed by atoms with van der Waals surface area (Å²) >= 11 is 1.03. The van der Waals surface area contributed by atoms with Gasteiger partial charge in [-0.05, 0) is 49.2 Å². The van der Waals surface area contributed by atoms with Crippen LogP contribution >= 0.6 is 11.5 Å². The number of fused-ring (bicyclic) bond motifs is 1. The predicted molar refractivity (Wildman–Crippen MR) is 111 cm³/mol. The first-order valence-electron chi connectivity index (χ1n) is 9.57. The van der Waals surface area contributed by atoms with Crippen LogP contribution in [-0.4, -0.2) is 26.4 Å². The number of nitrogens with one attached hydrogen (secondary N) is 1. The molecule has 2 aromatic heterocycles. The molecule has 0 fully saturated rings. The van der Waals surface area contributed by atoms with Gasteiger partial charge in [-0.2, -0.15) is 4.37 Å². The first kappa shape index (κ1) is 18.6. The van der Waals surface area contributed by atoms with Crippen LogP contribution in [-0.2, 0) is 6.54 Å². The van der Waals surface area contributed by atoms with Crippen molar-refractivity contribution in [2.75, 3.05) is 6.54 Å². The highest BCUT2D eigenvalue weighted by atomic mass is 32.1. The summed E-state index contributed by atoms with van der Waals surface area (Å²) in [4.78, 5) is 30.0. The van der Waals surface area contributed by atoms with Crippen molar-refractivity contribution < 1.29 is 4.79 Å². The number of aromatic nitrogens is 3. The molecule has 2 heterocycles. The molecule has 3 aromatic rings. The molecule has 0 spiro atoms. The maximum absolute atomic E-state index is 12.7. The van der Waals surface area contributed by atoms with Crippen molar-refractivity contribution >= 4 is 28.5 Å². The second-order valence-electron chi connectivity index (χ2n) is 6.99. The van der Waals surface area contributed by atoms with E-state index in [0.29, 0.717) is 23.5 Å². The lowest BCUT2D eigenvalue weighted by Crippen LogP contribution is -2.25. The van der Waals surface area contributed by atoms with E-state index in [1.54, 1.807) is 0 Å². The minimum atomic E-state index is -0.225. The molecule has 0 atom stereocenters. The van der Waals surface area contributed by atoms with Crippen LogP contribution in [0.1, 0.15) is 47.3 Å². The Morgan fingerprint density at radius 1 is 1.18 bits per heavy atom. The van der Waals surface area contributed by atoms with Crippen molar-refractivity contribution in [2.45, 2.75) is 38.6 Å². The van der Waals surface area contributed by atoms with Crippen molar-refractivity contribution in [2.24, 2.45) is 0 Å². The van der Waals surface area contributed by atoms with Crippen molar-refractivity contribution in [3.8, 4) is 0 Å². The Morgan fingerprint density at radius 2 is 2.04 bits per heavy atom. The normalized spacial score (nSPS) is 14.1. The molecule has 0 saturated heterocycles. The zero-order valence-corrected chi connectivity index (χ0v) is 16.4. The van der Waals surface area contributed by atoms with Crippen LogP contribution in [0.4, 0.5) is 0 Å². The maximum atomic E-state index is 12.7. The third-order valence-corrected chi connectivity index (χ3v) is 5.81. The zero-order chi connectivity index (χ0) is 19.3. The van der Waals surface area contributed by atoms with E-state index in [0.717, 1.165) is 36.4 Å². The number of amides is 1. The predicted octanol–water partition coefficient (Wildman–Crippen LogP) is 3.52. The fourth-order valence-electron chi connectivity index (χ4n) is 3.45. The Bertz CT molecular complexity index is 1070. The highest BCUT2D eigenvalue weighted by molar-refractivity contribution is 7.09. The Morgan fingerprint density at radius 3 is 2.82 bits per heavy atom. The third-order valence-electron chi connectivity index (χ3n) is 4.98. The van der Waals surface area contributed by atoms with Crippen LogP contribution in [0.25, 0.3) is 11.0 Å². The molecule has 1 amide bonds. The Kier molecular flexibility index (Phi) is 5.62. The van der Waals surface area contributed by atoms with E-state index in [-0.39, 0.29) is 17.0 Å². The largest absolute Gasteiger partial charge is 0.351 e. The summed E-state index contributed by atoms with van der Waals surface area (Å²) in [5.74, 6) is -0.211. The summed E-state index contributed by atoms with van der Waals surface area (Å²) in [5, 5.41) is 2.94. The molecule has 1 N–H and O–H groups in total. The third kappa shape index (κ3) is 4.04. The number of allylic oxidation sites excluding steroid dienone is 1. The van der Waals surface area contributed by atoms with Crippen LogP contribution in [0.3, 0.4) is 0 Å². The summed E-state index contributed by atoms with van der Waals surface area (Å²) in [6, 6.07) is 9.71. The fourth-order valence-corrected chi connectivity index (χ4v) is 4.19. The molecule has 0 aliphatic heterocycles.